The van der Waals surface area contributed by atoms with Gasteiger partial charge in [-0.05, 0) is 48.6 Å². The molecule has 0 aliphatic heterocycles. The second-order valence-corrected chi connectivity index (χ2v) is 6.39. The first kappa shape index (κ1) is 17.1. The molecule has 25 heavy (non-hydrogen) atoms. The van der Waals surface area contributed by atoms with E-state index in [4.69, 9.17) is 9.47 Å². The fourth-order valence-corrected chi connectivity index (χ4v) is 2.99. The van der Waals surface area contributed by atoms with E-state index in [1.54, 1.807) is 14.2 Å². The third kappa shape index (κ3) is 3.71. The van der Waals surface area contributed by atoms with E-state index in [-0.39, 0.29) is 11.6 Å². The highest BCUT2D eigenvalue weighted by molar-refractivity contribution is 5.76. The van der Waals surface area contributed by atoms with Crippen LogP contribution in [-0.2, 0) is 12.1 Å². The molecule has 0 radical (unpaired) electrons. The number of benzene rings is 2. The molecule has 0 saturated heterocycles. The van der Waals surface area contributed by atoms with E-state index in [1.165, 1.54) is 5.56 Å². The number of carbonyl (C=O) groups is 1. The molecule has 1 aliphatic rings. The molecule has 132 valence electrons. The van der Waals surface area contributed by atoms with Crippen molar-refractivity contribution in [1.29, 1.82) is 0 Å². The van der Waals surface area contributed by atoms with Crippen molar-refractivity contribution >= 4 is 6.03 Å². The van der Waals surface area contributed by atoms with Crippen LogP contribution in [0.1, 0.15) is 29.5 Å². The van der Waals surface area contributed by atoms with E-state index in [1.807, 2.05) is 49.4 Å². The highest BCUT2D eigenvalue weighted by Gasteiger charge is 2.46. The van der Waals surface area contributed by atoms with E-state index in [9.17, 15) is 4.79 Å². The van der Waals surface area contributed by atoms with E-state index in [0.717, 1.165) is 24.0 Å². The van der Waals surface area contributed by atoms with E-state index >= 15 is 0 Å². The minimum absolute atomic E-state index is 0.157. The van der Waals surface area contributed by atoms with Crippen molar-refractivity contribution in [3.63, 3.8) is 0 Å². The van der Waals surface area contributed by atoms with Crippen molar-refractivity contribution in [2.24, 2.45) is 0 Å². The highest BCUT2D eigenvalue weighted by atomic mass is 16.5. The summed E-state index contributed by atoms with van der Waals surface area (Å²) in [5.41, 5.74) is 3.02. The molecule has 0 aromatic heterocycles. The van der Waals surface area contributed by atoms with Crippen molar-refractivity contribution in [3.05, 3.63) is 59.2 Å². The number of methoxy groups -OCH3 is 2. The molecule has 2 aromatic carbocycles. The Bertz CT molecular complexity index is 769. The van der Waals surface area contributed by atoms with Gasteiger partial charge in [0.1, 0.15) is 0 Å². The van der Waals surface area contributed by atoms with Gasteiger partial charge in [0.15, 0.2) is 11.5 Å². The van der Waals surface area contributed by atoms with E-state index in [2.05, 4.69) is 10.6 Å². The maximum Gasteiger partial charge on any atom is 0.315 e. The minimum Gasteiger partial charge on any atom is -0.493 e. The Labute approximate surface area is 148 Å². The molecule has 1 fully saturated rings. The summed E-state index contributed by atoms with van der Waals surface area (Å²) in [6, 6.07) is 13.7. The topological polar surface area (TPSA) is 59.6 Å². The average molecular weight is 340 g/mol. The fraction of sp³-hybridized carbons (Fsp3) is 0.350. The molecule has 2 aromatic rings. The second-order valence-electron chi connectivity index (χ2n) is 6.39. The molecule has 0 unspecified atom stereocenters. The monoisotopic (exact) mass is 340 g/mol. The Morgan fingerprint density at radius 2 is 1.80 bits per heavy atom. The third-order valence-corrected chi connectivity index (χ3v) is 4.74. The molecule has 5 heteroatoms. The lowest BCUT2D eigenvalue weighted by molar-refractivity contribution is 0.235. The van der Waals surface area contributed by atoms with E-state index in [0.29, 0.717) is 18.0 Å². The van der Waals surface area contributed by atoms with E-state index < -0.39 is 0 Å². The zero-order chi connectivity index (χ0) is 17.9. The second kappa shape index (κ2) is 7.05. The zero-order valence-corrected chi connectivity index (χ0v) is 14.9. The van der Waals surface area contributed by atoms with Gasteiger partial charge in [-0.3, -0.25) is 0 Å². The number of urea groups is 1. The van der Waals surface area contributed by atoms with Gasteiger partial charge < -0.3 is 20.1 Å². The van der Waals surface area contributed by atoms with Crippen LogP contribution >= 0.6 is 0 Å². The van der Waals surface area contributed by atoms with Crippen molar-refractivity contribution in [1.82, 2.24) is 10.6 Å². The van der Waals surface area contributed by atoms with Gasteiger partial charge in [0.05, 0.1) is 19.8 Å². The smallest absolute Gasteiger partial charge is 0.315 e. The molecule has 1 saturated carbocycles. The molecular weight excluding hydrogens is 316 g/mol. The van der Waals surface area contributed by atoms with Crippen LogP contribution in [0.15, 0.2) is 42.5 Å². The number of aryl methyl sites for hydroxylation is 1. The lowest BCUT2D eigenvalue weighted by atomic mass is 10.0. The number of ether oxygens (including phenoxy) is 2. The number of rotatable bonds is 6. The summed E-state index contributed by atoms with van der Waals surface area (Å²) in [4.78, 5) is 12.4. The van der Waals surface area contributed by atoms with Gasteiger partial charge in [0.25, 0.3) is 0 Å². The average Bonchev–Trinajstić information content (AvgIpc) is 3.41. The predicted molar refractivity (Wildman–Crippen MR) is 97.0 cm³/mol. The Morgan fingerprint density at radius 1 is 1.08 bits per heavy atom. The number of hydrogen-bond acceptors (Lipinski definition) is 3. The van der Waals surface area contributed by atoms with Crippen LogP contribution in [0, 0.1) is 6.92 Å². The first-order chi connectivity index (χ1) is 12.1. The Kier molecular flexibility index (Phi) is 4.83. The van der Waals surface area contributed by atoms with Gasteiger partial charge in [0, 0.05) is 6.54 Å². The Morgan fingerprint density at radius 3 is 2.44 bits per heavy atom. The number of nitrogens with one attached hydrogen (secondary N) is 2. The molecule has 0 spiro atoms. The summed E-state index contributed by atoms with van der Waals surface area (Å²) in [5.74, 6) is 1.36. The number of hydrogen-bond donors (Lipinski definition) is 2. The summed E-state index contributed by atoms with van der Waals surface area (Å²) < 4.78 is 10.6. The van der Waals surface area contributed by atoms with Crippen LogP contribution in [-0.4, -0.2) is 20.3 Å². The van der Waals surface area contributed by atoms with Crippen LogP contribution in [0.2, 0.25) is 0 Å². The standard InChI is InChI=1S/C20H24N2O3/c1-14-6-4-5-7-15(14)13-21-19(23)22-20(10-11-20)16-8-9-17(24-2)18(12-16)25-3/h4-9,12H,10-11,13H2,1-3H3,(H2,21,22,23). The quantitative estimate of drug-likeness (QED) is 0.846. The van der Waals surface area contributed by atoms with Crippen molar-refractivity contribution in [3.8, 4) is 11.5 Å². The molecule has 0 bridgehead atoms. The summed E-state index contributed by atoms with van der Waals surface area (Å²) in [6.07, 6.45) is 1.83. The lowest BCUT2D eigenvalue weighted by Crippen LogP contribution is -2.42. The van der Waals surface area contributed by atoms with Crippen LogP contribution < -0.4 is 20.1 Å². The first-order valence-corrected chi connectivity index (χ1v) is 8.41. The van der Waals surface area contributed by atoms with Crippen molar-refractivity contribution in [2.45, 2.75) is 31.8 Å². The minimum atomic E-state index is -0.310. The van der Waals surface area contributed by atoms with Crippen molar-refractivity contribution in [2.75, 3.05) is 14.2 Å². The largest absolute Gasteiger partial charge is 0.493 e. The Balaban J connectivity index is 1.66. The molecule has 2 N–H and O–H groups in total. The molecule has 3 rings (SSSR count). The summed E-state index contributed by atoms with van der Waals surface area (Å²) >= 11 is 0. The lowest BCUT2D eigenvalue weighted by Gasteiger charge is -2.20. The van der Waals surface area contributed by atoms with Crippen molar-refractivity contribution < 1.29 is 14.3 Å². The molecular formula is C20H24N2O3. The van der Waals surface area contributed by atoms with Crippen LogP contribution in [0.3, 0.4) is 0 Å². The predicted octanol–water partition coefficient (Wildman–Crippen LogP) is 3.50. The van der Waals surface area contributed by atoms with Gasteiger partial charge in [-0.1, -0.05) is 30.3 Å². The van der Waals surface area contributed by atoms with Gasteiger partial charge in [0.2, 0.25) is 0 Å². The number of carbonyl (C=O) groups excluding carboxylic acids is 1. The molecule has 5 nitrogen and oxygen atoms in total. The Hall–Kier alpha value is -2.69. The van der Waals surface area contributed by atoms with Gasteiger partial charge >= 0.3 is 6.03 Å². The van der Waals surface area contributed by atoms with Gasteiger partial charge in [-0.2, -0.15) is 0 Å². The summed E-state index contributed by atoms with van der Waals surface area (Å²) in [7, 11) is 3.23. The number of amides is 2. The zero-order valence-electron chi connectivity index (χ0n) is 14.9. The molecule has 2 amide bonds. The third-order valence-electron chi connectivity index (χ3n) is 4.74. The normalized spacial score (nSPS) is 14.5. The fourth-order valence-electron chi connectivity index (χ4n) is 2.99. The van der Waals surface area contributed by atoms with Gasteiger partial charge in [-0.25, -0.2) is 4.79 Å². The summed E-state index contributed by atoms with van der Waals surface area (Å²) in [5, 5.41) is 6.07. The maximum atomic E-state index is 12.4. The first-order valence-electron chi connectivity index (χ1n) is 8.41. The molecule has 0 atom stereocenters. The van der Waals surface area contributed by atoms with Crippen LogP contribution in [0.4, 0.5) is 4.79 Å². The molecule has 0 heterocycles. The molecule has 1 aliphatic carbocycles. The maximum absolute atomic E-state index is 12.4. The summed E-state index contributed by atoms with van der Waals surface area (Å²) in [6.45, 7) is 2.56. The van der Waals surface area contributed by atoms with Gasteiger partial charge in [-0.15, -0.1) is 0 Å². The highest BCUT2D eigenvalue weighted by Crippen LogP contribution is 2.47. The van der Waals surface area contributed by atoms with Crippen LogP contribution in [0.5, 0.6) is 11.5 Å². The SMILES string of the molecule is COc1ccc(C2(NC(=O)NCc3ccccc3C)CC2)cc1OC. The van der Waals surface area contributed by atoms with Crippen LogP contribution in [0.25, 0.3) is 0 Å².